The van der Waals surface area contributed by atoms with Gasteiger partial charge in [0.15, 0.2) is 0 Å². The maximum absolute atomic E-state index is 12.3. The zero-order chi connectivity index (χ0) is 16.7. The van der Waals surface area contributed by atoms with Gasteiger partial charge in [-0.25, -0.2) is 0 Å². The van der Waals surface area contributed by atoms with Crippen LogP contribution < -0.4 is 15.4 Å². The number of amides is 2. The van der Waals surface area contributed by atoms with E-state index in [1.807, 2.05) is 13.0 Å². The van der Waals surface area contributed by atoms with Gasteiger partial charge in [0.05, 0.1) is 6.61 Å². The number of carbonyl (C=O) groups is 2. The second-order valence-electron chi connectivity index (χ2n) is 4.99. The summed E-state index contributed by atoms with van der Waals surface area (Å²) in [5.74, 6) is 0.290. The van der Waals surface area contributed by atoms with Crippen LogP contribution in [0.2, 0.25) is 0 Å². The van der Waals surface area contributed by atoms with Gasteiger partial charge >= 0.3 is 0 Å². The minimum Gasteiger partial charge on any atom is -0.494 e. The first-order chi connectivity index (χ1) is 11.1. The fraction of sp³-hybridized carbons (Fsp3) is 0.222. The highest BCUT2D eigenvalue weighted by molar-refractivity contribution is 6.04. The molecule has 2 aromatic rings. The number of rotatable bonds is 6. The molecule has 5 heteroatoms. The highest BCUT2D eigenvalue weighted by atomic mass is 16.5. The van der Waals surface area contributed by atoms with Crippen LogP contribution in [0, 0.1) is 0 Å². The monoisotopic (exact) mass is 312 g/mol. The molecule has 23 heavy (non-hydrogen) atoms. The Bertz CT molecular complexity index is 681. The van der Waals surface area contributed by atoms with E-state index in [0.717, 1.165) is 6.42 Å². The summed E-state index contributed by atoms with van der Waals surface area (Å²) >= 11 is 0. The molecule has 0 aromatic heterocycles. The van der Waals surface area contributed by atoms with Gasteiger partial charge in [0.2, 0.25) is 0 Å². The van der Waals surface area contributed by atoms with Crippen molar-refractivity contribution in [1.29, 1.82) is 0 Å². The van der Waals surface area contributed by atoms with Gasteiger partial charge in [-0.1, -0.05) is 13.0 Å². The summed E-state index contributed by atoms with van der Waals surface area (Å²) in [4.78, 5) is 23.7. The van der Waals surface area contributed by atoms with E-state index in [1.54, 1.807) is 49.5 Å². The molecule has 120 valence electrons. The zero-order valence-electron chi connectivity index (χ0n) is 13.3. The number of benzene rings is 2. The lowest BCUT2D eigenvalue weighted by Crippen LogP contribution is -2.17. The zero-order valence-corrected chi connectivity index (χ0v) is 13.3. The molecule has 0 aliphatic carbocycles. The molecule has 0 radical (unpaired) electrons. The Morgan fingerprint density at radius 3 is 2.39 bits per heavy atom. The van der Waals surface area contributed by atoms with Crippen molar-refractivity contribution >= 4 is 17.5 Å². The van der Waals surface area contributed by atoms with Crippen LogP contribution in [0.5, 0.6) is 5.75 Å². The number of nitrogens with one attached hydrogen (secondary N) is 2. The van der Waals surface area contributed by atoms with Crippen LogP contribution in [-0.4, -0.2) is 25.5 Å². The van der Waals surface area contributed by atoms with Crippen molar-refractivity contribution in [3.63, 3.8) is 0 Å². The Morgan fingerprint density at radius 2 is 1.74 bits per heavy atom. The predicted octanol–water partition coefficient (Wildman–Crippen LogP) is 3.09. The summed E-state index contributed by atoms with van der Waals surface area (Å²) in [6.45, 7) is 2.64. The van der Waals surface area contributed by atoms with Gasteiger partial charge in [0, 0.05) is 23.9 Å². The van der Waals surface area contributed by atoms with Crippen molar-refractivity contribution < 1.29 is 14.3 Å². The second kappa shape index (κ2) is 7.98. The molecule has 2 N–H and O–H groups in total. The molecule has 0 spiro atoms. The predicted molar refractivity (Wildman–Crippen MR) is 90.0 cm³/mol. The maximum Gasteiger partial charge on any atom is 0.255 e. The van der Waals surface area contributed by atoms with Crippen LogP contribution in [0.3, 0.4) is 0 Å². The molecule has 0 heterocycles. The quantitative estimate of drug-likeness (QED) is 0.861. The van der Waals surface area contributed by atoms with Crippen molar-refractivity contribution in [2.45, 2.75) is 13.3 Å². The fourth-order valence-corrected chi connectivity index (χ4v) is 2.00. The van der Waals surface area contributed by atoms with Gasteiger partial charge in [-0.15, -0.1) is 0 Å². The van der Waals surface area contributed by atoms with E-state index in [0.29, 0.717) is 29.2 Å². The topological polar surface area (TPSA) is 67.4 Å². The van der Waals surface area contributed by atoms with E-state index in [1.165, 1.54) is 0 Å². The summed E-state index contributed by atoms with van der Waals surface area (Å²) in [7, 11) is 1.58. The van der Waals surface area contributed by atoms with Gasteiger partial charge in [0.1, 0.15) is 5.75 Å². The number of carbonyl (C=O) groups excluding carboxylic acids is 2. The first-order valence-corrected chi connectivity index (χ1v) is 7.50. The van der Waals surface area contributed by atoms with Gasteiger partial charge in [0.25, 0.3) is 11.8 Å². The molecule has 2 aromatic carbocycles. The number of hydrogen-bond acceptors (Lipinski definition) is 3. The Balaban J connectivity index is 2.05. The standard InChI is InChI=1S/C18H20N2O3/c1-3-11-23-16-6-4-5-14(12-16)18(22)20-15-9-7-13(8-10-15)17(21)19-2/h4-10,12H,3,11H2,1-2H3,(H,19,21)(H,20,22). The van der Waals surface area contributed by atoms with Crippen molar-refractivity contribution in [2.75, 3.05) is 19.0 Å². The average molecular weight is 312 g/mol. The molecule has 2 rings (SSSR count). The molecule has 0 bridgehead atoms. The summed E-state index contributed by atoms with van der Waals surface area (Å²) in [5.41, 5.74) is 1.69. The van der Waals surface area contributed by atoms with Crippen LogP contribution in [0.25, 0.3) is 0 Å². The van der Waals surface area contributed by atoms with Gasteiger partial charge < -0.3 is 15.4 Å². The first kappa shape index (κ1) is 16.5. The van der Waals surface area contributed by atoms with Crippen LogP contribution in [0.4, 0.5) is 5.69 Å². The van der Waals surface area contributed by atoms with E-state index >= 15 is 0 Å². The molecule has 2 amide bonds. The molecule has 0 atom stereocenters. The molecule has 0 saturated heterocycles. The Morgan fingerprint density at radius 1 is 1.00 bits per heavy atom. The third-order valence-corrected chi connectivity index (χ3v) is 3.20. The fourth-order valence-electron chi connectivity index (χ4n) is 2.00. The minimum absolute atomic E-state index is 0.163. The molecular weight excluding hydrogens is 292 g/mol. The number of ether oxygens (including phenoxy) is 1. The molecule has 0 unspecified atom stereocenters. The summed E-state index contributed by atoms with van der Waals surface area (Å²) in [6.07, 6.45) is 0.911. The Labute approximate surface area is 135 Å². The van der Waals surface area contributed by atoms with Gasteiger partial charge in [-0.2, -0.15) is 0 Å². The lowest BCUT2D eigenvalue weighted by molar-refractivity contribution is 0.0962. The van der Waals surface area contributed by atoms with Crippen molar-refractivity contribution in [2.24, 2.45) is 0 Å². The van der Waals surface area contributed by atoms with Crippen molar-refractivity contribution in [1.82, 2.24) is 5.32 Å². The second-order valence-corrected chi connectivity index (χ2v) is 4.99. The third kappa shape index (κ3) is 4.57. The third-order valence-electron chi connectivity index (χ3n) is 3.20. The normalized spacial score (nSPS) is 10.0. The van der Waals surface area contributed by atoms with Crippen molar-refractivity contribution in [3.8, 4) is 5.75 Å². The highest BCUT2D eigenvalue weighted by Gasteiger charge is 2.08. The number of anilines is 1. The SMILES string of the molecule is CCCOc1cccc(C(=O)Nc2ccc(C(=O)NC)cc2)c1. The van der Waals surface area contributed by atoms with Crippen LogP contribution in [0.1, 0.15) is 34.1 Å². The molecule has 5 nitrogen and oxygen atoms in total. The average Bonchev–Trinajstić information content (AvgIpc) is 2.60. The van der Waals surface area contributed by atoms with E-state index in [-0.39, 0.29) is 11.8 Å². The lowest BCUT2D eigenvalue weighted by Gasteiger charge is -2.08. The van der Waals surface area contributed by atoms with Crippen molar-refractivity contribution in [3.05, 3.63) is 59.7 Å². The highest BCUT2D eigenvalue weighted by Crippen LogP contribution is 2.16. The number of hydrogen-bond donors (Lipinski definition) is 2. The molecule has 0 saturated carbocycles. The smallest absolute Gasteiger partial charge is 0.255 e. The lowest BCUT2D eigenvalue weighted by atomic mass is 10.1. The molecule has 0 aliphatic heterocycles. The molecular formula is C18H20N2O3. The first-order valence-electron chi connectivity index (χ1n) is 7.50. The largest absolute Gasteiger partial charge is 0.494 e. The summed E-state index contributed by atoms with van der Waals surface area (Å²) in [6, 6.07) is 13.8. The Hall–Kier alpha value is -2.82. The van der Waals surface area contributed by atoms with Crippen LogP contribution in [0.15, 0.2) is 48.5 Å². The molecule has 0 aliphatic rings. The summed E-state index contributed by atoms with van der Waals surface area (Å²) in [5, 5.41) is 5.35. The minimum atomic E-state index is -0.223. The maximum atomic E-state index is 12.3. The Kier molecular flexibility index (Phi) is 5.74. The van der Waals surface area contributed by atoms with E-state index in [2.05, 4.69) is 10.6 Å². The van der Waals surface area contributed by atoms with Gasteiger partial charge in [-0.3, -0.25) is 9.59 Å². The van der Waals surface area contributed by atoms with Crippen LogP contribution in [-0.2, 0) is 0 Å². The van der Waals surface area contributed by atoms with Crippen LogP contribution >= 0.6 is 0 Å². The van der Waals surface area contributed by atoms with E-state index < -0.39 is 0 Å². The van der Waals surface area contributed by atoms with E-state index in [4.69, 9.17) is 4.74 Å². The summed E-state index contributed by atoms with van der Waals surface area (Å²) < 4.78 is 5.53. The van der Waals surface area contributed by atoms with E-state index in [9.17, 15) is 9.59 Å². The molecule has 0 fully saturated rings. The van der Waals surface area contributed by atoms with Gasteiger partial charge in [-0.05, 0) is 48.9 Å².